The standard InChI is InChI=1S/C46H78O6/c1-4-7-10-13-15-17-19-21-23-25-26-28-30-33-36-39-45(48)51-42-43(41-50-44(47)38-35-32-12-9-6-3)52-46(49)40-37-34-31-29-27-24-22-20-18-16-14-11-8-5-2/h7,10,14-17,20-23,43H,4-6,8-9,11-13,18-19,24-42H2,1-3H3/b10-7-,16-14-,17-15-,22-20-,23-21-. The maximum Gasteiger partial charge on any atom is 0.306 e. The third-order valence-corrected chi connectivity index (χ3v) is 8.76. The lowest BCUT2D eigenvalue weighted by molar-refractivity contribution is -0.167. The van der Waals surface area contributed by atoms with Crippen molar-refractivity contribution in [2.75, 3.05) is 13.2 Å². The largest absolute Gasteiger partial charge is 0.462 e. The number of rotatable bonds is 37. The van der Waals surface area contributed by atoms with Gasteiger partial charge in [0.2, 0.25) is 0 Å². The van der Waals surface area contributed by atoms with E-state index in [0.717, 1.165) is 128 Å². The van der Waals surface area contributed by atoms with Crippen LogP contribution in [0.1, 0.15) is 194 Å². The normalized spacial score (nSPS) is 12.6. The molecule has 298 valence electrons. The summed E-state index contributed by atoms with van der Waals surface area (Å²) in [5.74, 6) is -0.939. The highest BCUT2D eigenvalue weighted by Crippen LogP contribution is 2.12. The van der Waals surface area contributed by atoms with Crippen LogP contribution in [0.5, 0.6) is 0 Å². The van der Waals surface area contributed by atoms with Gasteiger partial charge < -0.3 is 14.2 Å². The molecule has 52 heavy (non-hydrogen) atoms. The van der Waals surface area contributed by atoms with Crippen LogP contribution < -0.4 is 0 Å². The Labute approximate surface area is 320 Å². The van der Waals surface area contributed by atoms with Crippen molar-refractivity contribution in [3.05, 3.63) is 60.8 Å². The van der Waals surface area contributed by atoms with Crippen LogP contribution in [0.4, 0.5) is 0 Å². The zero-order valence-corrected chi connectivity index (χ0v) is 33.8. The fourth-order valence-corrected chi connectivity index (χ4v) is 5.53. The maximum atomic E-state index is 12.6. The van der Waals surface area contributed by atoms with Crippen LogP contribution in [-0.2, 0) is 28.6 Å². The predicted molar refractivity (Wildman–Crippen MR) is 219 cm³/mol. The average Bonchev–Trinajstić information content (AvgIpc) is 3.14. The van der Waals surface area contributed by atoms with Crippen LogP contribution in [0.3, 0.4) is 0 Å². The van der Waals surface area contributed by atoms with Crippen LogP contribution in [0.25, 0.3) is 0 Å². The van der Waals surface area contributed by atoms with Crippen molar-refractivity contribution in [1.29, 1.82) is 0 Å². The Bertz CT molecular complexity index is 975. The summed E-state index contributed by atoms with van der Waals surface area (Å²) in [4.78, 5) is 37.4. The highest BCUT2D eigenvalue weighted by atomic mass is 16.6. The van der Waals surface area contributed by atoms with E-state index >= 15 is 0 Å². The second-order valence-electron chi connectivity index (χ2n) is 13.9. The van der Waals surface area contributed by atoms with Gasteiger partial charge in [-0.15, -0.1) is 0 Å². The lowest BCUT2D eigenvalue weighted by Gasteiger charge is -2.18. The van der Waals surface area contributed by atoms with Crippen molar-refractivity contribution in [3.8, 4) is 0 Å². The molecule has 0 aromatic rings. The summed E-state index contributed by atoms with van der Waals surface area (Å²) in [6, 6.07) is 0. The van der Waals surface area contributed by atoms with Crippen LogP contribution >= 0.6 is 0 Å². The summed E-state index contributed by atoms with van der Waals surface area (Å²) in [5.41, 5.74) is 0. The van der Waals surface area contributed by atoms with Gasteiger partial charge in [0.15, 0.2) is 6.10 Å². The lowest BCUT2D eigenvalue weighted by atomic mass is 10.1. The molecular formula is C46H78O6. The first-order valence-electron chi connectivity index (χ1n) is 21.3. The first-order chi connectivity index (χ1) is 25.5. The van der Waals surface area contributed by atoms with Gasteiger partial charge in [-0.3, -0.25) is 14.4 Å². The second-order valence-corrected chi connectivity index (χ2v) is 13.9. The van der Waals surface area contributed by atoms with Crippen molar-refractivity contribution >= 4 is 17.9 Å². The van der Waals surface area contributed by atoms with Crippen LogP contribution in [0.15, 0.2) is 60.8 Å². The van der Waals surface area contributed by atoms with Crippen LogP contribution in [0, 0.1) is 0 Å². The average molecular weight is 727 g/mol. The van der Waals surface area contributed by atoms with E-state index in [9.17, 15) is 14.4 Å². The minimum atomic E-state index is -0.782. The van der Waals surface area contributed by atoms with E-state index in [1.165, 1.54) is 25.7 Å². The van der Waals surface area contributed by atoms with Crippen molar-refractivity contribution in [1.82, 2.24) is 0 Å². The molecular weight excluding hydrogens is 648 g/mol. The second kappa shape index (κ2) is 40.9. The third kappa shape index (κ3) is 38.3. The minimum Gasteiger partial charge on any atom is -0.462 e. The van der Waals surface area contributed by atoms with Crippen molar-refractivity contribution < 1.29 is 28.6 Å². The fraction of sp³-hybridized carbons (Fsp3) is 0.717. The number of carbonyl (C=O) groups is 3. The quantitative estimate of drug-likeness (QED) is 0.0274. The number of esters is 3. The topological polar surface area (TPSA) is 78.9 Å². The molecule has 1 unspecified atom stereocenters. The number of ether oxygens (including phenoxy) is 3. The Morgan fingerprint density at radius 3 is 1.23 bits per heavy atom. The summed E-state index contributed by atoms with van der Waals surface area (Å²) in [6.45, 7) is 6.35. The highest BCUT2D eigenvalue weighted by molar-refractivity contribution is 5.71. The van der Waals surface area contributed by atoms with Gasteiger partial charge >= 0.3 is 17.9 Å². The number of hydrogen-bond donors (Lipinski definition) is 0. The Hall–Kier alpha value is -2.89. The molecule has 0 aliphatic carbocycles. The van der Waals surface area contributed by atoms with E-state index in [2.05, 4.69) is 81.5 Å². The highest BCUT2D eigenvalue weighted by Gasteiger charge is 2.19. The molecule has 6 nitrogen and oxygen atoms in total. The Morgan fingerprint density at radius 1 is 0.404 bits per heavy atom. The van der Waals surface area contributed by atoms with Crippen LogP contribution in [0.2, 0.25) is 0 Å². The summed E-state index contributed by atoms with van der Waals surface area (Å²) in [7, 11) is 0. The SMILES string of the molecule is CC/C=C\C/C=C\C/C=C\CCCCCCCC(=O)OCC(COC(=O)CCCCCCC)OC(=O)CCCCCCC/C=C\C/C=C\CCCC. The molecule has 1 atom stereocenters. The molecule has 0 rings (SSSR count). The van der Waals surface area contributed by atoms with E-state index < -0.39 is 6.10 Å². The lowest BCUT2D eigenvalue weighted by Crippen LogP contribution is -2.30. The summed E-state index contributed by atoms with van der Waals surface area (Å²) < 4.78 is 16.5. The van der Waals surface area contributed by atoms with E-state index in [1.807, 2.05) is 0 Å². The summed E-state index contributed by atoms with van der Waals surface area (Å²) in [5, 5.41) is 0. The Kier molecular flexibility index (Phi) is 38.6. The van der Waals surface area contributed by atoms with E-state index in [0.29, 0.717) is 19.3 Å². The fourth-order valence-electron chi connectivity index (χ4n) is 5.53. The van der Waals surface area contributed by atoms with Gasteiger partial charge in [-0.2, -0.15) is 0 Å². The number of allylic oxidation sites excluding steroid dienone is 10. The van der Waals surface area contributed by atoms with Crippen molar-refractivity contribution in [3.63, 3.8) is 0 Å². The summed E-state index contributed by atoms with van der Waals surface area (Å²) >= 11 is 0. The molecule has 0 radical (unpaired) electrons. The van der Waals surface area contributed by atoms with Gasteiger partial charge in [0.05, 0.1) is 0 Å². The molecule has 0 aliphatic heterocycles. The third-order valence-electron chi connectivity index (χ3n) is 8.76. The number of unbranched alkanes of at least 4 members (excludes halogenated alkanes) is 16. The number of carbonyl (C=O) groups excluding carboxylic acids is 3. The van der Waals surface area contributed by atoms with Gasteiger partial charge in [-0.05, 0) is 77.0 Å². The molecule has 0 aromatic heterocycles. The Balaban J connectivity index is 4.31. The maximum absolute atomic E-state index is 12.6. The van der Waals surface area contributed by atoms with E-state index in [4.69, 9.17) is 14.2 Å². The van der Waals surface area contributed by atoms with Crippen LogP contribution in [-0.4, -0.2) is 37.2 Å². The van der Waals surface area contributed by atoms with Gasteiger partial charge in [-0.25, -0.2) is 0 Å². The van der Waals surface area contributed by atoms with E-state index in [-0.39, 0.29) is 31.1 Å². The molecule has 0 heterocycles. The van der Waals surface area contributed by atoms with Gasteiger partial charge in [0.25, 0.3) is 0 Å². The molecule has 0 aromatic carbocycles. The van der Waals surface area contributed by atoms with Gasteiger partial charge in [0.1, 0.15) is 13.2 Å². The zero-order valence-electron chi connectivity index (χ0n) is 33.8. The molecule has 0 amide bonds. The monoisotopic (exact) mass is 727 g/mol. The molecule has 0 saturated heterocycles. The molecule has 0 aliphatic rings. The first-order valence-corrected chi connectivity index (χ1v) is 21.3. The molecule has 0 spiro atoms. The molecule has 6 heteroatoms. The summed E-state index contributed by atoms with van der Waals surface area (Å²) in [6.07, 6.45) is 48.0. The smallest absolute Gasteiger partial charge is 0.306 e. The minimum absolute atomic E-state index is 0.0874. The van der Waals surface area contributed by atoms with Crippen molar-refractivity contribution in [2.24, 2.45) is 0 Å². The van der Waals surface area contributed by atoms with Gasteiger partial charge in [0, 0.05) is 19.3 Å². The van der Waals surface area contributed by atoms with Gasteiger partial charge in [-0.1, -0.05) is 159 Å². The number of hydrogen-bond acceptors (Lipinski definition) is 6. The molecule has 0 fully saturated rings. The predicted octanol–water partition coefficient (Wildman–Crippen LogP) is 13.4. The van der Waals surface area contributed by atoms with E-state index in [1.54, 1.807) is 0 Å². The zero-order chi connectivity index (χ0) is 38.0. The molecule has 0 saturated carbocycles. The Morgan fingerprint density at radius 2 is 0.769 bits per heavy atom. The molecule has 0 bridgehead atoms. The van der Waals surface area contributed by atoms with Crippen molar-refractivity contribution in [2.45, 2.75) is 200 Å². The first kappa shape index (κ1) is 49.1. The molecule has 0 N–H and O–H groups in total.